The second kappa shape index (κ2) is 6.59. The van der Waals surface area contributed by atoms with Crippen molar-refractivity contribution in [2.75, 3.05) is 18.0 Å². The first-order valence-electron chi connectivity index (χ1n) is 7.26. The standard InChI is InChI=1S/C15H22N2O3/c1-12(2)10-13(17(18)19)11-14-6-7-15(20-14)16-8-4-3-5-9-16/h6-7,11-12H,3-5,8-10H2,1-2H3. The lowest BCUT2D eigenvalue weighted by Gasteiger charge is -2.25. The molecule has 1 aromatic rings. The van der Waals surface area contributed by atoms with Crippen LogP contribution in [-0.2, 0) is 0 Å². The molecule has 1 saturated heterocycles. The summed E-state index contributed by atoms with van der Waals surface area (Å²) in [5, 5.41) is 11.0. The molecule has 0 saturated carbocycles. The number of allylic oxidation sites excluding steroid dienone is 1. The highest BCUT2D eigenvalue weighted by molar-refractivity contribution is 5.50. The fourth-order valence-corrected chi connectivity index (χ4v) is 2.47. The van der Waals surface area contributed by atoms with Gasteiger partial charge in [0.15, 0.2) is 5.88 Å². The van der Waals surface area contributed by atoms with Crippen LogP contribution in [0.1, 0.15) is 45.3 Å². The molecule has 2 rings (SSSR count). The van der Waals surface area contributed by atoms with Gasteiger partial charge in [0.25, 0.3) is 0 Å². The second-order valence-electron chi connectivity index (χ2n) is 5.71. The molecule has 0 radical (unpaired) electrons. The van der Waals surface area contributed by atoms with E-state index in [1.165, 1.54) is 19.3 Å². The molecule has 0 atom stereocenters. The zero-order valence-corrected chi connectivity index (χ0v) is 12.2. The normalized spacial score (nSPS) is 16.8. The van der Waals surface area contributed by atoms with Crippen molar-refractivity contribution >= 4 is 12.0 Å². The third-order valence-electron chi connectivity index (χ3n) is 3.44. The van der Waals surface area contributed by atoms with Crippen LogP contribution in [0.15, 0.2) is 22.2 Å². The van der Waals surface area contributed by atoms with Crippen LogP contribution in [0.3, 0.4) is 0 Å². The van der Waals surface area contributed by atoms with Gasteiger partial charge in [-0.1, -0.05) is 13.8 Å². The SMILES string of the molecule is CC(C)CC(=Cc1ccc(N2CCCCC2)o1)[N+](=O)[O-]. The molecular weight excluding hydrogens is 256 g/mol. The van der Waals surface area contributed by atoms with Crippen molar-refractivity contribution < 1.29 is 9.34 Å². The summed E-state index contributed by atoms with van der Waals surface area (Å²) in [7, 11) is 0. The molecule has 0 aromatic carbocycles. The molecule has 0 spiro atoms. The van der Waals surface area contributed by atoms with Crippen LogP contribution in [0, 0.1) is 16.0 Å². The van der Waals surface area contributed by atoms with E-state index in [4.69, 9.17) is 4.42 Å². The maximum absolute atomic E-state index is 11.0. The van der Waals surface area contributed by atoms with E-state index >= 15 is 0 Å². The molecule has 110 valence electrons. The third-order valence-corrected chi connectivity index (χ3v) is 3.44. The van der Waals surface area contributed by atoms with E-state index in [1.807, 2.05) is 26.0 Å². The number of piperidine rings is 1. The lowest BCUT2D eigenvalue weighted by Crippen LogP contribution is -2.28. The van der Waals surface area contributed by atoms with Crippen molar-refractivity contribution in [2.24, 2.45) is 5.92 Å². The molecule has 5 nitrogen and oxygen atoms in total. The number of hydrogen-bond acceptors (Lipinski definition) is 4. The van der Waals surface area contributed by atoms with Gasteiger partial charge in [-0.2, -0.15) is 0 Å². The number of anilines is 1. The van der Waals surface area contributed by atoms with Crippen LogP contribution >= 0.6 is 0 Å². The Balaban J connectivity index is 2.12. The molecule has 0 bridgehead atoms. The fraction of sp³-hybridized carbons (Fsp3) is 0.600. The minimum absolute atomic E-state index is 0.208. The summed E-state index contributed by atoms with van der Waals surface area (Å²) in [6.07, 6.45) is 5.63. The highest BCUT2D eigenvalue weighted by Crippen LogP contribution is 2.24. The van der Waals surface area contributed by atoms with Crippen LogP contribution in [0.2, 0.25) is 0 Å². The molecule has 0 unspecified atom stereocenters. The number of rotatable bonds is 5. The van der Waals surface area contributed by atoms with E-state index in [-0.39, 0.29) is 16.5 Å². The number of nitro groups is 1. The second-order valence-corrected chi connectivity index (χ2v) is 5.71. The van der Waals surface area contributed by atoms with Gasteiger partial charge in [-0.3, -0.25) is 10.1 Å². The highest BCUT2D eigenvalue weighted by Gasteiger charge is 2.17. The summed E-state index contributed by atoms with van der Waals surface area (Å²) in [6.45, 7) is 5.95. The van der Waals surface area contributed by atoms with Crippen molar-refractivity contribution in [3.8, 4) is 0 Å². The van der Waals surface area contributed by atoms with Gasteiger partial charge in [0.05, 0.1) is 11.0 Å². The molecule has 1 aliphatic rings. The Bertz CT molecular complexity index is 485. The highest BCUT2D eigenvalue weighted by atomic mass is 16.6. The smallest absolute Gasteiger partial charge is 0.250 e. The molecule has 0 N–H and O–H groups in total. The van der Waals surface area contributed by atoms with Gasteiger partial charge in [0.2, 0.25) is 5.70 Å². The van der Waals surface area contributed by atoms with E-state index in [0.29, 0.717) is 12.2 Å². The lowest BCUT2D eigenvalue weighted by molar-refractivity contribution is -0.427. The summed E-state index contributed by atoms with van der Waals surface area (Å²) in [5.41, 5.74) is 0.208. The first kappa shape index (κ1) is 14.6. The van der Waals surface area contributed by atoms with E-state index in [9.17, 15) is 10.1 Å². The van der Waals surface area contributed by atoms with Gasteiger partial charge in [0, 0.05) is 25.6 Å². The Labute approximate surface area is 119 Å². The molecule has 5 heteroatoms. The Morgan fingerprint density at radius 1 is 1.40 bits per heavy atom. The number of hydrogen-bond donors (Lipinski definition) is 0. The molecular formula is C15H22N2O3. The Kier molecular flexibility index (Phi) is 4.82. The number of furan rings is 1. The Hall–Kier alpha value is -1.78. The van der Waals surface area contributed by atoms with Crippen LogP contribution in [0.25, 0.3) is 6.08 Å². The van der Waals surface area contributed by atoms with Crippen molar-refractivity contribution in [3.63, 3.8) is 0 Å². The molecule has 2 heterocycles. The summed E-state index contributed by atoms with van der Waals surface area (Å²) >= 11 is 0. The molecule has 0 amide bonds. The Morgan fingerprint density at radius 3 is 2.70 bits per heavy atom. The Morgan fingerprint density at radius 2 is 2.10 bits per heavy atom. The van der Waals surface area contributed by atoms with E-state index in [2.05, 4.69) is 4.90 Å². The van der Waals surface area contributed by atoms with Crippen LogP contribution in [0.5, 0.6) is 0 Å². The average molecular weight is 278 g/mol. The minimum Gasteiger partial charge on any atom is -0.441 e. The van der Waals surface area contributed by atoms with Gasteiger partial charge in [-0.15, -0.1) is 0 Å². The third kappa shape index (κ3) is 3.85. The zero-order chi connectivity index (χ0) is 14.5. The average Bonchev–Trinajstić information content (AvgIpc) is 2.87. The van der Waals surface area contributed by atoms with E-state index in [1.54, 1.807) is 6.08 Å². The van der Waals surface area contributed by atoms with Gasteiger partial charge in [-0.25, -0.2) is 0 Å². The van der Waals surface area contributed by atoms with Crippen molar-refractivity contribution in [1.82, 2.24) is 0 Å². The van der Waals surface area contributed by atoms with Crippen LogP contribution < -0.4 is 4.90 Å². The van der Waals surface area contributed by atoms with E-state index < -0.39 is 0 Å². The maximum atomic E-state index is 11.0. The van der Waals surface area contributed by atoms with Gasteiger partial charge < -0.3 is 9.32 Å². The lowest BCUT2D eigenvalue weighted by atomic mass is 10.1. The first-order valence-corrected chi connectivity index (χ1v) is 7.26. The molecule has 0 aliphatic carbocycles. The fourth-order valence-electron chi connectivity index (χ4n) is 2.47. The van der Waals surface area contributed by atoms with E-state index in [0.717, 1.165) is 19.0 Å². The van der Waals surface area contributed by atoms with Crippen molar-refractivity contribution in [2.45, 2.75) is 39.5 Å². The van der Waals surface area contributed by atoms with Gasteiger partial charge >= 0.3 is 0 Å². The molecule has 1 aromatic heterocycles. The van der Waals surface area contributed by atoms with Crippen LogP contribution in [-0.4, -0.2) is 18.0 Å². The monoisotopic (exact) mass is 278 g/mol. The van der Waals surface area contributed by atoms with Gasteiger partial charge in [-0.05, 0) is 31.2 Å². The quantitative estimate of drug-likeness (QED) is 0.604. The predicted molar refractivity (Wildman–Crippen MR) is 79.2 cm³/mol. The maximum Gasteiger partial charge on any atom is 0.250 e. The van der Waals surface area contributed by atoms with Crippen molar-refractivity contribution in [3.05, 3.63) is 33.7 Å². The molecule has 1 aliphatic heterocycles. The first-order chi connectivity index (χ1) is 9.56. The number of nitrogens with zero attached hydrogens (tertiary/aromatic N) is 2. The molecule has 1 fully saturated rings. The van der Waals surface area contributed by atoms with Gasteiger partial charge in [0.1, 0.15) is 5.76 Å². The molecule has 20 heavy (non-hydrogen) atoms. The van der Waals surface area contributed by atoms with Crippen molar-refractivity contribution in [1.29, 1.82) is 0 Å². The predicted octanol–water partition coefficient (Wildman–Crippen LogP) is 3.93. The van der Waals surface area contributed by atoms with Crippen LogP contribution in [0.4, 0.5) is 5.88 Å². The minimum atomic E-state index is -0.316. The summed E-state index contributed by atoms with van der Waals surface area (Å²) in [5.74, 6) is 1.64. The largest absolute Gasteiger partial charge is 0.441 e. The summed E-state index contributed by atoms with van der Waals surface area (Å²) in [6, 6.07) is 3.72. The topological polar surface area (TPSA) is 59.5 Å². The summed E-state index contributed by atoms with van der Waals surface area (Å²) < 4.78 is 5.73. The zero-order valence-electron chi connectivity index (χ0n) is 12.2. The summed E-state index contributed by atoms with van der Waals surface area (Å²) in [4.78, 5) is 12.9.